The maximum absolute atomic E-state index is 4.89. The average molecular weight is 1030 g/mol. The Bertz CT molecular complexity index is 509. The Labute approximate surface area is 301 Å². The third-order valence-corrected chi connectivity index (χ3v) is 0.971. The predicted octanol–water partition coefficient (Wildman–Crippen LogP) is 12.1. The molecular formula is C10H25Cl9Fe6N3S6. The molecule has 3 nitrogen and oxygen atoms in total. The summed E-state index contributed by atoms with van der Waals surface area (Å²) < 4.78 is 0. The molecule has 0 aliphatic carbocycles. The second-order valence-corrected chi connectivity index (χ2v) is 25.4. The predicted molar refractivity (Wildman–Crippen MR) is 159 cm³/mol. The van der Waals surface area contributed by atoms with Crippen LogP contribution in [0, 0.1) is 20.8 Å². The number of rotatable bonds is 0. The fraction of sp³-hybridized carbons (Fsp3) is 0.700. The van der Waals surface area contributed by atoms with Crippen LogP contribution < -0.4 is 0 Å². The first-order chi connectivity index (χ1) is 13.6. The summed E-state index contributed by atoms with van der Waals surface area (Å²) in [4.78, 5) is 12.0. The van der Waals surface area contributed by atoms with Crippen molar-refractivity contribution in [2.24, 2.45) is 0 Å². The first-order valence-corrected chi connectivity index (χ1v) is 28.1. The van der Waals surface area contributed by atoms with Crippen LogP contribution in [-0.2, 0) is 90.7 Å². The van der Waals surface area contributed by atoms with Crippen LogP contribution in [0.2, 0.25) is 0 Å². The van der Waals surface area contributed by atoms with E-state index in [2.05, 4.69) is 82.7 Å². The Balaban J connectivity index is -0.0000000256. The molecule has 1 heterocycles. The zero-order valence-corrected chi connectivity index (χ0v) is 32.1. The summed E-state index contributed by atoms with van der Waals surface area (Å²) in [7, 11) is 61.9. The molecule has 0 saturated heterocycles. The van der Waals surface area contributed by atoms with Crippen molar-refractivity contribution in [1.82, 2.24) is 15.0 Å². The zero-order chi connectivity index (χ0) is 25.7. The molecule has 0 saturated carbocycles. The van der Waals surface area contributed by atoms with Crippen LogP contribution in [0.1, 0.15) is 47.2 Å². The Kier molecular flexibility index (Phi) is 125. The van der Waals surface area contributed by atoms with E-state index < -0.39 is 33.5 Å². The summed E-state index contributed by atoms with van der Waals surface area (Å²) >= 11 is 4.25. The molecule has 1 aromatic rings. The molecule has 0 N–H and O–H groups in total. The molecule has 0 bridgehead atoms. The summed E-state index contributed by atoms with van der Waals surface area (Å²) in [6, 6.07) is 0. The zero-order valence-electron chi connectivity index (χ0n) is 13.8. The van der Waals surface area contributed by atoms with E-state index in [0.29, 0.717) is 23.4 Å². The van der Waals surface area contributed by atoms with Crippen LogP contribution in [-0.4, -0.2) is 15.0 Å². The Morgan fingerprint density at radius 1 is 0.588 bits per heavy atom. The Morgan fingerprint density at radius 2 is 0.647 bits per heavy atom. The summed E-state index contributed by atoms with van der Waals surface area (Å²) in [6.45, 7) is 5.59. The van der Waals surface area contributed by atoms with Gasteiger partial charge < -0.3 is 0 Å². The number of hydrogen-bond acceptors (Lipinski definition) is 8. The Hall–Kier alpha value is 6.06. The van der Waals surface area contributed by atoms with Crippen molar-refractivity contribution in [3.8, 4) is 0 Å². The van der Waals surface area contributed by atoms with Crippen molar-refractivity contribution in [2.45, 2.75) is 50.5 Å². The van der Waals surface area contributed by atoms with Gasteiger partial charge in [0.25, 0.3) is 0 Å². The quantitative estimate of drug-likeness (QED) is 0.238. The molecular weight excluding hydrogens is 1010 g/mol. The van der Waals surface area contributed by atoms with Crippen LogP contribution in [0.4, 0.5) is 0 Å². The molecule has 0 aromatic carbocycles. The molecule has 0 aliphatic heterocycles. The number of halogens is 9. The van der Waals surface area contributed by atoms with Gasteiger partial charge in [-0.05, 0) is 20.8 Å². The molecule has 1 rings (SSSR count). The van der Waals surface area contributed by atoms with E-state index in [1.165, 1.54) is 0 Å². The first-order valence-electron chi connectivity index (χ1n) is 4.93. The van der Waals surface area contributed by atoms with E-state index in [0.717, 1.165) is 25.7 Å². The first kappa shape index (κ1) is 67.6. The van der Waals surface area contributed by atoms with Crippen molar-refractivity contribution in [3.63, 3.8) is 0 Å². The van der Waals surface area contributed by atoms with Gasteiger partial charge in [0.1, 0.15) is 17.5 Å². The van der Waals surface area contributed by atoms with Crippen molar-refractivity contribution in [3.05, 3.63) is 17.5 Å². The van der Waals surface area contributed by atoms with E-state index in [4.69, 9.17) is 90.9 Å². The molecule has 0 amide bonds. The normalized spacial score (nSPS) is 7.85. The number of nitrogens with zero attached hydrogens (tertiary/aromatic N) is 3. The maximum atomic E-state index is 4.89. The topological polar surface area (TPSA) is 38.7 Å². The van der Waals surface area contributed by atoms with Gasteiger partial charge in [-0.15, -0.1) is 0 Å². The molecule has 0 radical (unpaired) electrons. The SMILES string of the molecule is C.C.C.C.Cc1nc(C)nc(C)n1.S=[S]=[Fe].[Cl][Fe]([Cl])[Cl].[Cl][Fe]([Cl])[Cl].[Cl][Fe]([Cl])[Cl].[S]=[Fe]=[S].[S]=[Fe]=[S]. The average Bonchev–Trinajstić information content (AvgIpc) is 2.46. The van der Waals surface area contributed by atoms with Gasteiger partial charge in [0.2, 0.25) is 0 Å². The fourth-order valence-corrected chi connectivity index (χ4v) is 0.777. The monoisotopic (exact) mass is 1030 g/mol. The van der Waals surface area contributed by atoms with Gasteiger partial charge in [0.15, 0.2) is 0 Å². The van der Waals surface area contributed by atoms with E-state index in [1.807, 2.05) is 20.8 Å². The number of aryl methyl sites for hydroxylation is 3. The van der Waals surface area contributed by atoms with E-state index in [-0.39, 0.29) is 29.7 Å². The Morgan fingerprint density at radius 3 is 0.706 bits per heavy atom. The van der Waals surface area contributed by atoms with Crippen LogP contribution in [0.25, 0.3) is 0 Å². The summed E-state index contributed by atoms with van der Waals surface area (Å²) in [5, 5.41) is 0. The number of hydrogen-bond donors (Lipinski definition) is 0. The molecule has 0 aliphatic rings. The van der Waals surface area contributed by atoms with Gasteiger partial charge in [-0.25, -0.2) is 15.0 Å². The standard InChI is InChI=1S/C6H9N3.4CH4.9ClH.6Fe.S2.4S/c1-4-7-5(2)9-6(3)8-4;;;;;;;;;;;;;;;;;;;;1-2;;;;/h1-3H3;4*1H4;9*1H;;;;;;;;;;;/q;;;;;;;;;;;;;;;;;3*+3;;;;;/p-9. The molecule has 0 atom stereocenters. The van der Waals surface area contributed by atoms with E-state index >= 15 is 0 Å². The van der Waals surface area contributed by atoms with Crippen LogP contribution >= 0.6 is 133 Å². The van der Waals surface area contributed by atoms with E-state index in [1.54, 1.807) is 0 Å². The summed E-state index contributed by atoms with van der Waals surface area (Å²) in [6.07, 6.45) is 0. The van der Waals surface area contributed by atoms with Gasteiger partial charge in [-0.1, -0.05) is 29.7 Å². The van der Waals surface area contributed by atoms with Crippen LogP contribution in [0.15, 0.2) is 0 Å². The second kappa shape index (κ2) is 62.6. The third-order valence-electron chi connectivity index (χ3n) is 0.971. The van der Waals surface area contributed by atoms with E-state index in [9.17, 15) is 0 Å². The van der Waals surface area contributed by atoms with Crippen LogP contribution in [0.5, 0.6) is 0 Å². The summed E-state index contributed by atoms with van der Waals surface area (Å²) in [5.41, 5.74) is 0. The van der Waals surface area contributed by atoms with Crippen molar-refractivity contribution >= 4 is 153 Å². The number of aromatic nitrogens is 3. The molecule has 34 heavy (non-hydrogen) atoms. The molecule has 227 valence electrons. The van der Waals surface area contributed by atoms with Crippen molar-refractivity contribution < 1.29 is 71.3 Å². The molecule has 24 heteroatoms. The summed E-state index contributed by atoms with van der Waals surface area (Å²) in [5.74, 6) is 2.38. The fourth-order valence-electron chi connectivity index (χ4n) is 0.777. The molecule has 0 unspecified atom stereocenters. The van der Waals surface area contributed by atoms with Gasteiger partial charge in [-0.2, -0.15) is 0 Å². The van der Waals surface area contributed by atoms with Crippen LogP contribution in [0.3, 0.4) is 0 Å². The van der Waals surface area contributed by atoms with Gasteiger partial charge >= 0.3 is 224 Å². The van der Waals surface area contributed by atoms with Gasteiger partial charge in [0, 0.05) is 0 Å². The molecule has 0 spiro atoms. The molecule has 1 aromatic heterocycles. The van der Waals surface area contributed by atoms with Crippen molar-refractivity contribution in [1.29, 1.82) is 0 Å². The second-order valence-electron chi connectivity index (χ2n) is 2.61. The minimum absolute atomic E-state index is 0. The minimum atomic E-state index is -1.33. The third kappa shape index (κ3) is 160. The van der Waals surface area contributed by atoms with Gasteiger partial charge in [-0.3, -0.25) is 0 Å². The van der Waals surface area contributed by atoms with Gasteiger partial charge in [0.05, 0.1) is 0 Å². The van der Waals surface area contributed by atoms with Crippen molar-refractivity contribution in [2.75, 3.05) is 0 Å². The molecule has 0 fully saturated rings.